The maximum atomic E-state index is 10.6. The molecular formula is C17H21N3O4. The largest absolute Gasteiger partial charge is 0.454 e. The number of β-amino-alcohol motifs (C(OH)–C–C–N with tert-alkyl or cyclic N) is 1. The molecular weight excluding hydrogens is 310 g/mol. The number of aliphatic hydroxyl groups is 1. The van der Waals surface area contributed by atoms with Gasteiger partial charge in [0.25, 0.3) is 5.95 Å². The molecule has 0 saturated carbocycles. The Labute approximate surface area is 140 Å². The summed E-state index contributed by atoms with van der Waals surface area (Å²) in [5.41, 5.74) is 1.08. The minimum Gasteiger partial charge on any atom is -0.454 e. The van der Waals surface area contributed by atoms with Crippen LogP contribution in [-0.2, 0) is 6.42 Å². The fraction of sp³-hybridized carbons (Fsp3) is 0.529. The molecule has 4 rings (SSSR count). The van der Waals surface area contributed by atoms with E-state index in [2.05, 4.69) is 17.1 Å². The van der Waals surface area contributed by atoms with Gasteiger partial charge in [-0.3, -0.25) is 0 Å². The molecule has 1 aromatic heterocycles. The maximum absolute atomic E-state index is 10.6. The lowest BCUT2D eigenvalue weighted by molar-refractivity contribution is 0.129. The number of fused-ring (bicyclic) bond motifs is 1. The van der Waals surface area contributed by atoms with Crippen LogP contribution in [-0.4, -0.2) is 41.2 Å². The Hall–Kier alpha value is -2.28. The number of ether oxygens (including phenoxy) is 2. The maximum Gasteiger partial charge on any atom is 0.266 e. The number of benzene rings is 1. The molecule has 7 heteroatoms. The van der Waals surface area contributed by atoms with E-state index in [1.54, 1.807) is 0 Å². The fourth-order valence-electron chi connectivity index (χ4n) is 3.34. The van der Waals surface area contributed by atoms with Crippen molar-refractivity contribution < 1.29 is 19.1 Å². The molecule has 2 aromatic rings. The lowest BCUT2D eigenvalue weighted by Crippen LogP contribution is -2.43. The molecule has 0 unspecified atom stereocenters. The summed E-state index contributed by atoms with van der Waals surface area (Å²) >= 11 is 0. The summed E-state index contributed by atoms with van der Waals surface area (Å²) in [6, 6.07) is 5.89. The highest BCUT2D eigenvalue weighted by molar-refractivity contribution is 5.46. The first-order valence-corrected chi connectivity index (χ1v) is 8.39. The molecule has 1 saturated heterocycles. The predicted octanol–water partition coefficient (Wildman–Crippen LogP) is 2.11. The summed E-state index contributed by atoms with van der Waals surface area (Å²) in [7, 11) is 0. The summed E-state index contributed by atoms with van der Waals surface area (Å²) < 4.78 is 16.0. The van der Waals surface area contributed by atoms with E-state index in [0.717, 1.165) is 42.9 Å². The van der Waals surface area contributed by atoms with Crippen LogP contribution in [0.4, 0.5) is 5.95 Å². The van der Waals surface area contributed by atoms with E-state index in [1.807, 2.05) is 23.1 Å². The van der Waals surface area contributed by atoms with Crippen LogP contribution >= 0.6 is 0 Å². The Bertz CT molecular complexity index is 718. The second-order valence-corrected chi connectivity index (χ2v) is 6.26. The van der Waals surface area contributed by atoms with Crippen LogP contribution in [0.3, 0.4) is 0 Å². The van der Waals surface area contributed by atoms with E-state index in [0.29, 0.717) is 18.4 Å². The average molecular weight is 331 g/mol. The van der Waals surface area contributed by atoms with Gasteiger partial charge in [-0.2, -0.15) is 4.98 Å². The van der Waals surface area contributed by atoms with Crippen molar-refractivity contribution in [1.29, 1.82) is 0 Å². The summed E-state index contributed by atoms with van der Waals surface area (Å²) in [5, 5.41) is 14.6. The first-order valence-electron chi connectivity index (χ1n) is 8.39. The number of aromatic nitrogens is 2. The zero-order chi connectivity index (χ0) is 16.5. The van der Waals surface area contributed by atoms with Crippen LogP contribution in [0.15, 0.2) is 22.7 Å². The van der Waals surface area contributed by atoms with E-state index >= 15 is 0 Å². The number of anilines is 1. The zero-order valence-corrected chi connectivity index (χ0v) is 13.6. The summed E-state index contributed by atoms with van der Waals surface area (Å²) in [6.45, 7) is 3.60. The highest BCUT2D eigenvalue weighted by Crippen LogP contribution is 2.37. The van der Waals surface area contributed by atoms with Gasteiger partial charge in [-0.1, -0.05) is 13.0 Å². The van der Waals surface area contributed by atoms with Crippen molar-refractivity contribution in [3.8, 4) is 11.5 Å². The van der Waals surface area contributed by atoms with Crippen LogP contribution in [0, 0.1) is 0 Å². The molecule has 24 heavy (non-hydrogen) atoms. The van der Waals surface area contributed by atoms with Crippen molar-refractivity contribution in [3.05, 3.63) is 29.7 Å². The number of hydrogen-bond donors (Lipinski definition) is 1. The Balaban J connectivity index is 1.46. The Morgan fingerprint density at radius 3 is 3.00 bits per heavy atom. The van der Waals surface area contributed by atoms with Gasteiger partial charge in [-0.25, -0.2) is 0 Å². The Kier molecular flexibility index (Phi) is 4.02. The molecule has 2 atom stereocenters. The Morgan fingerprint density at radius 1 is 1.29 bits per heavy atom. The number of hydrogen-bond acceptors (Lipinski definition) is 7. The molecule has 3 heterocycles. The van der Waals surface area contributed by atoms with Crippen molar-refractivity contribution in [3.63, 3.8) is 0 Å². The van der Waals surface area contributed by atoms with Crippen molar-refractivity contribution in [1.82, 2.24) is 10.1 Å². The molecule has 2 aliphatic rings. The van der Waals surface area contributed by atoms with Crippen LogP contribution in [0.25, 0.3) is 0 Å². The minimum atomic E-state index is -0.493. The lowest BCUT2D eigenvalue weighted by atomic mass is 9.87. The van der Waals surface area contributed by atoms with E-state index in [-0.39, 0.29) is 12.7 Å². The number of aliphatic hydroxyl groups excluding tert-OH is 1. The third-order valence-electron chi connectivity index (χ3n) is 4.61. The standard InChI is InChI=1S/C17H21N3O4/c1-2-3-16-18-17(19-24-16)20-7-6-12(13(21)9-20)11-4-5-14-15(8-11)23-10-22-14/h4-5,8,12-13,21H,2-3,6-7,9-10H2,1H3/t12-,13+/m0/s1. The van der Waals surface area contributed by atoms with Crippen molar-refractivity contribution in [2.75, 3.05) is 24.8 Å². The van der Waals surface area contributed by atoms with Crippen molar-refractivity contribution in [2.24, 2.45) is 0 Å². The van der Waals surface area contributed by atoms with Crippen LogP contribution in [0.1, 0.15) is 37.1 Å². The molecule has 0 radical (unpaired) electrons. The molecule has 2 aliphatic heterocycles. The number of aryl methyl sites for hydroxylation is 1. The number of nitrogens with zero attached hydrogens (tertiary/aromatic N) is 3. The van der Waals surface area contributed by atoms with E-state index < -0.39 is 6.10 Å². The first kappa shape index (κ1) is 15.3. The van der Waals surface area contributed by atoms with E-state index in [1.165, 1.54) is 0 Å². The van der Waals surface area contributed by atoms with Gasteiger partial charge in [0.05, 0.1) is 6.10 Å². The van der Waals surface area contributed by atoms with Crippen LogP contribution < -0.4 is 14.4 Å². The number of rotatable bonds is 4. The molecule has 128 valence electrons. The SMILES string of the molecule is CCCc1nc(N2CC[C@@H](c3ccc4c(c3)OCO4)[C@H](O)C2)no1. The molecule has 0 spiro atoms. The lowest BCUT2D eigenvalue weighted by Gasteiger charge is -2.35. The van der Waals surface area contributed by atoms with Crippen LogP contribution in [0.5, 0.6) is 11.5 Å². The van der Waals surface area contributed by atoms with Crippen molar-refractivity contribution in [2.45, 2.75) is 38.2 Å². The smallest absolute Gasteiger partial charge is 0.266 e. The predicted molar refractivity (Wildman–Crippen MR) is 86.4 cm³/mol. The second-order valence-electron chi connectivity index (χ2n) is 6.26. The molecule has 0 amide bonds. The quantitative estimate of drug-likeness (QED) is 0.919. The van der Waals surface area contributed by atoms with Gasteiger partial charge in [0.15, 0.2) is 11.5 Å². The third kappa shape index (κ3) is 2.80. The topological polar surface area (TPSA) is 80.9 Å². The van der Waals surface area contributed by atoms with E-state index in [9.17, 15) is 5.11 Å². The van der Waals surface area contributed by atoms with Gasteiger partial charge in [0.1, 0.15) is 0 Å². The highest BCUT2D eigenvalue weighted by Gasteiger charge is 2.31. The van der Waals surface area contributed by atoms with Gasteiger partial charge in [0.2, 0.25) is 12.7 Å². The fourth-order valence-corrected chi connectivity index (χ4v) is 3.34. The monoisotopic (exact) mass is 331 g/mol. The highest BCUT2D eigenvalue weighted by atomic mass is 16.7. The molecule has 0 aliphatic carbocycles. The molecule has 7 nitrogen and oxygen atoms in total. The average Bonchev–Trinajstić information content (AvgIpc) is 3.23. The van der Waals surface area contributed by atoms with Gasteiger partial charge in [-0.05, 0) is 35.7 Å². The van der Waals surface area contributed by atoms with Gasteiger partial charge in [0, 0.05) is 25.4 Å². The van der Waals surface area contributed by atoms with Gasteiger partial charge in [-0.15, -0.1) is 0 Å². The first-order chi connectivity index (χ1) is 11.7. The minimum absolute atomic E-state index is 0.0674. The molecule has 1 aromatic carbocycles. The van der Waals surface area contributed by atoms with Crippen molar-refractivity contribution >= 4 is 5.95 Å². The third-order valence-corrected chi connectivity index (χ3v) is 4.61. The summed E-state index contributed by atoms with van der Waals surface area (Å²) in [6.07, 6.45) is 2.07. The van der Waals surface area contributed by atoms with Crippen LogP contribution in [0.2, 0.25) is 0 Å². The molecule has 1 N–H and O–H groups in total. The summed E-state index contributed by atoms with van der Waals surface area (Å²) in [5.74, 6) is 2.81. The normalized spacial score (nSPS) is 22.8. The summed E-state index contributed by atoms with van der Waals surface area (Å²) in [4.78, 5) is 6.39. The molecule has 1 fully saturated rings. The Morgan fingerprint density at radius 2 is 2.17 bits per heavy atom. The van der Waals surface area contributed by atoms with Gasteiger partial charge < -0.3 is 24.0 Å². The second kappa shape index (κ2) is 6.32. The zero-order valence-electron chi connectivity index (χ0n) is 13.6. The number of piperidine rings is 1. The molecule has 0 bridgehead atoms. The van der Waals surface area contributed by atoms with E-state index in [4.69, 9.17) is 14.0 Å². The van der Waals surface area contributed by atoms with Gasteiger partial charge >= 0.3 is 0 Å².